The first-order valence-electron chi connectivity index (χ1n) is 11.2. The minimum absolute atomic E-state index is 0.159. The van der Waals surface area contributed by atoms with Crippen molar-refractivity contribution >= 4 is 23.4 Å². The van der Waals surface area contributed by atoms with E-state index in [1.54, 1.807) is 31.5 Å². The number of rotatable bonds is 5. The molecule has 2 heterocycles. The first-order chi connectivity index (χ1) is 15.2. The zero-order valence-corrected chi connectivity index (χ0v) is 18.0. The van der Waals surface area contributed by atoms with Gasteiger partial charge in [-0.3, -0.25) is 10.1 Å². The number of urea groups is 1. The number of benzene rings is 1. The number of carbonyl (C=O) groups excluding carboxylic acids is 2. The third-order valence-electron chi connectivity index (χ3n) is 6.34. The van der Waals surface area contributed by atoms with Crippen LogP contribution in [0.3, 0.4) is 0 Å². The van der Waals surface area contributed by atoms with Crippen molar-refractivity contribution in [3.05, 3.63) is 36.5 Å². The Hall–Kier alpha value is -3.03. The van der Waals surface area contributed by atoms with Gasteiger partial charge in [-0.05, 0) is 37.8 Å². The van der Waals surface area contributed by atoms with Crippen molar-refractivity contribution < 1.29 is 14.3 Å². The van der Waals surface area contributed by atoms with E-state index < -0.39 is 0 Å². The van der Waals surface area contributed by atoms with Gasteiger partial charge in [0.25, 0.3) is 0 Å². The summed E-state index contributed by atoms with van der Waals surface area (Å²) in [6, 6.07) is 8.87. The summed E-state index contributed by atoms with van der Waals surface area (Å²) in [4.78, 5) is 27.4. The van der Waals surface area contributed by atoms with E-state index in [9.17, 15) is 9.59 Å². The van der Waals surface area contributed by atoms with Crippen molar-refractivity contribution in [3.63, 3.8) is 0 Å². The second kappa shape index (κ2) is 9.85. The number of nitrogens with one attached hydrogen (secondary N) is 2. The standard InChI is InChI=1S/C23H31N5O3/c1-31-20-10-6-5-9-19(20)25-23(30)26-21-11-14-24-28(21)18-12-15-27(16-13-18)22(29)17-7-3-2-4-8-17/h5-6,9-11,14,17-18H,2-4,7-8,12-13,15-16H2,1H3,(H2,25,26,30). The molecule has 0 radical (unpaired) electrons. The summed E-state index contributed by atoms with van der Waals surface area (Å²) in [5.41, 5.74) is 0.600. The number of carbonyl (C=O) groups is 2. The van der Waals surface area contributed by atoms with Crippen molar-refractivity contribution in [1.29, 1.82) is 0 Å². The molecule has 1 aromatic carbocycles. The van der Waals surface area contributed by atoms with Gasteiger partial charge in [0, 0.05) is 25.1 Å². The molecule has 0 bridgehead atoms. The Kier molecular flexibility index (Phi) is 6.74. The molecule has 0 spiro atoms. The van der Waals surface area contributed by atoms with E-state index in [2.05, 4.69) is 15.7 Å². The SMILES string of the molecule is COc1ccccc1NC(=O)Nc1ccnn1C1CCN(C(=O)C2CCCCC2)CC1. The highest BCUT2D eigenvalue weighted by molar-refractivity contribution is 6.00. The second-order valence-electron chi connectivity index (χ2n) is 8.33. The van der Waals surface area contributed by atoms with Gasteiger partial charge in [0.2, 0.25) is 5.91 Å². The van der Waals surface area contributed by atoms with Crippen molar-refractivity contribution in [1.82, 2.24) is 14.7 Å². The van der Waals surface area contributed by atoms with E-state index >= 15 is 0 Å². The molecule has 0 atom stereocenters. The normalized spacial score (nSPS) is 17.9. The van der Waals surface area contributed by atoms with Crippen LogP contribution in [0.15, 0.2) is 36.5 Å². The number of piperidine rings is 1. The van der Waals surface area contributed by atoms with E-state index in [4.69, 9.17) is 4.74 Å². The van der Waals surface area contributed by atoms with Crippen LogP contribution in [-0.4, -0.2) is 46.8 Å². The number of aromatic nitrogens is 2. The molecule has 1 saturated heterocycles. The molecule has 166 valence electrons. The smallest absolute Gasteiger partial charge is 0.324 e. The number of anilines is 2. The summed E-state index contributed by atoms with van der Waals surface area (Å²) in [6.07, 6.45) is 9.04. The van der Waals surface area contributed by atoms with Crippen LogP contribution in [-0.2, 0) is 4.79 Å². The molecule has 4 rings (SSSR count). The predicted molar refractivity (Wildman–Crippen MR) is 119 cm³/mol. The van der Waals surface area contributed by atoms with Crippen molar-refractivity contribution in [3.8, 4) is 5.75 Å². The fourth-order valence-electron chi connectivity index (χ4n) is 4.66. The number of methoxy groups -OCH3 is 1. The number of ether oxygens (including phenoxy) is 1. The molecule has 8 heteroatoms. The summed E-state index contributed by atoms with van der Waals surface area (Å²) in [6.45, 7) is 1.49. The number of nitrogens with zero attached hydrogens (tertiary/aromatic N) is 3. The maximum absolute atomic E-state index is 12.8. The van der Waals surface area contributed by atoms with Gasteiger partial charge in [-0.1, -0.05) is 31.4 Å². The van der Waals surface area contributed by atoms with Crippen molar-refractivity contribution in [2.45, 2.75) is 51.0 Å². The van der Waals surface area contributed by atoms with Crippen LogP contribution < -0.4 is 15.4 Å². The van der Waals surface area contributed by atoms with Gasteiger partial charge in [-0.2, -0.15) is 5.10 Å². The molecule has 1 aromatic heterocycles. The molecule has 2 aromatic rings. The molecule has 2 aliphatic rings. The molecule has 1 aliphatic carbocycles. The molecular weight excluding hydrogens is 394 g/mol. The lowest BCUT2D eigenvalue weighted by molar-refractivity contribution is -0.137. The van der Waals surface area contributed by atoms with Gasteiger partial charge in [-0.15, -0.1) is 0 Å². The highest BCUT2D eigenvalue weighted by Gasteiger charge is 2.30. The van der Waals surface area contributed by atoms with Gasteiger partial charge in [-0.25, -0.2) is 9.48 Å². The quantitative estimate of drug-likeness (QED) is 0.748. The van der Waals surface area contributed by atoms with Crippen LogP contribution in [0.2, 0.25) is 0 Å². The maximum Gasteiger partial charge on any atom is 0.324 e. The van der Waals surface area contributed by atoms with E-state index in [-0.39, 0.29) is 18.0 Å². The Bertz CT molecular complexity index is 898. The minimum Gasteiger partial charge on any atom is -0.495 e. The number of amides is 3. The van der Waals surface area contributed by atoms with Crippen LogP contribution in [0.25, 0.3) is 0 Å². The van der Waals surface area contributed by atoms with Crippen LogP contribution >= 0.6 is 0 Å². The predicted octanol–water partition coefficient (Wildman–Crippen LogP) is 4.28. The number of para-hydroxylation sites is 2. The minimum atomic E-state index is -0.351. The molecule has 0 unspecified atom stereocenters. The van der Waals surface area contributed by atoms with Crippen LogP contribution in [0, 0.1) is 5.92 Å². The molecule has 2 fully saturated rings. The van der Waals surface area contributed by atoms with E-state index in [0.29, 0.717) is 23.2 Å². The third kappa shape index (κ3) is 5.00. The molecule has 1 saturated carbocycles. The van der Waals surface area contributed by atoms with Gasteiger partial charge >= 0.3 is 6.03 Å². The molecule has 8 nitrogen and oxygen atoms in total. The number of hydrogen-bond donors (Lipinski definition) is 2. The van der Waals surface area contributed by atoms with E-state index in [1.807, 2.05) is 21.7 Å². The molecule has 3 amide bonds. The first kappa shape index (κ1) is 21.2. The monoisotopic (exact) mass is 425 g/mol. The molecule has 31 heavy (non-hydrogen) atoms. The van der Waals surface area contributed by atoms with Gasteiger partial charge in [0.05, 0.1) is 25.0 Å². The fraction of sp³-hybridized carbons (Fsp3) is 0.522. The molecular formula is C23H31N5O3. The van der Waals surface area contributed by atoms with Crippen molar-refractivity contribution in [2.24, 2.45) is 5.92 Å². The van der Waals surface area contributed by atoms with E-state index in [0.717, 1.165) is 38.8 Å². The Morgan fingerprint density at radius 1 is 1.00 bits per heavy atom. The average molecular weight is 426 g/mol. The van der Waals surface area contributed by atoms with Crippen LogP contribution in [0.1, 0.15) is 51.0 Å². The lowest BCUT2D eigenvalue weighted by atomic mass is 9.87. The molecule has 2 N–H and O–H groups in total. The Balaban J connectivity index is 1.33. The van der Waals surface area contributed by atoms with Crippen LogP contribution in [0.4, 0.5) is 16.3 Å². The van der Waals surface area contributed by atoms with Gasteiger partial charge in [0.15, 0.2) is 0 Å². The summed E-state index contributed by atoms with van der Waals surface area (Å²) >= 11 is 0. The molecule has 1 aliphatic heterocycles. The Labute approximate surface area is 182 Å². The topological polar surface area (TPSA) is 88.5 Å². The van der Waals surface area contributed by atoms with Crippen molar-refractivity contribution in [2.75, 3.05) is 30.8 Å². The maximum atomic E-state index is 12.8. The van der Waals surface area contributed by atoms with Gasteiger partial charge in [0.1, 0.15) is 11.6 Å². The average Bonchev–Trinajstić information content (AvgIpc) is 3.27. The number of hydrogen-bond acceptors (Lipinski definition) is 4. The highest BCUT2D eigenvalue weighted by atomic mass is 16.5. The van der Waals surface area contributed by atoms with Gasteiger partial charge < -0.3 is 15.0 Å². The summed E-state index contributed by atoms with van der Waals surface area (Å²) in [5.74, 6) is 1.78. The Morgan fingerprint density at radius 3 is 2.48 bits per heavy atom. The van der Waals surface area contributed by atoms with E-state index in [1.165, 1.54) is 19.3 Å². The largest absolute Gasteiger partial charge is 0.495 e. The Morgan fingerprint density at radius 2 is 1.74 bits per heavy atom. The zero-order valence-electron chi connectivity index (χ0n) is 18.0. The van der Waals surface area contributed by atoms with Crippen LogP contribution in [0.5, 0.6) is 5.75 Å². The first-order valence-corrected chi connectivity index (χ1v) is 11.2. The lowest BCUT2D eigenvalue weighted by Gasteiger charge is -2.35. The summed E-state index contributed by atoms with van der Waals surface area (Å²) in [5, 5.41) is 10.1. The second-order valence-corrected chi connectivity index (χ2v) is 8.33. The third-order valence-corrected chi connectivity index (χ3v) is 6.34. The summed E-state index contributed by atoms with van der Waals surface area (Å²) in [7, 11) is 1.57. The number of likely N-dealkylation sites (tertiary alicyclic amines) is 1. The summed E-state index contributed by atoms with van der Waals surface area (Å²) < 4.78 is 7.15. The lowest BCUT2D eigenvalue weighted by Crippen LogP contribution is -2.43. The zero-order chi connectivity index (χ0) is 21.6. The highest BCUT2D eigenvalue weighted by Crippen LogP contribution is 2.30. The fourth-order valence-corrected chi connectivity index (χ4v) is 4.66.